The zero-order valence-corrected chi connectivity index (χ0v) is 9.97. The topological polar surface area (TPSA) is 23.5 Å². The molecule has 0 saturated carbocycles. The molecule has 0 fully saturated rings. The van der Waals surface area contributed by atoms with Gasteiger partial charge in [-0.3, -0.25) is 0 Å². The molecule has 1 atom stereocenters. The van der Waals surface area contributed by atoms with Crippen LogP contribution in [0, 0.1) is 0 Å². The van der Waals surface area contributed by atoms with Crippen LogP contribution in [0.2, 0.25) is 0 Å². The quantitative estimate of drug-likeness (QED) is 0.808. The van der Waals surface area contributed by atoms with E-state index in [1.807, 2.05) is 14.1 Å². The highest BCUT2D eigenvalue weighted by molar-refractivity contribution is 7.09. The predicted octanol–water partition coefficient (Wildman–Crippen LogP) is 1.99. The number of likely N-dealkylation sites (N-methyl/N-ethyl adjacent to an activating group) is 1. The van der Waals surface area contributed by atoms with E-state index in [4.69, 9.17) is 0 Å². The lowest BCUT2D eigenvalue weighted by atomic mass is 9.91. The number of hydrogen-bond donors (Lipinski definition) is 1. The van der Waals surface area contributed by atoms with E-state index in [-0.39, 0.29) is 12.1 Å². The maximum atomic E-state index is 9.51. The van der Waals surface area contributed by atoms with Crippen molar-refractivity contribution in [3.8, 4) is 0 Å². The number of aliphatic hydroxyl groups is 1. The van der Waals surface area contributed by atoms with Gasteiger partial charge in [-0.05, 0) is 32.0 Å². The van der Waals surface area contributed by atoms with E-state index in [0.717, 1.165) is 12.8 Å². The van der Waals surface area contributed by atoms with Gasteiger partial charge in [0.15, 0.2) is 0 Å². The Morgan fingerprint density at radius 3 is 2.57 bits per heavy atom. The van der Waals surface area contributed by atoms with Gasteiger partial charge in [0.1, 0.15) is 0 Å². The molecule has 2 nitrogen and oxygen atoms in total. The Bertz CT molecular complexity index is 252. The van der Waals surface area contributed by atoms with Gasteiger partial charge in [0, 0.05) is 16.8 Å². The molecule has 0 amide bonds. The molecule has 0 aromatic carbocycles. The molecule has 0 bridgehead atoms. The number of rotatable bonds is 5. The first kappa shape index (κ1) is 11.7. The Morgan fingerprint density at radius 2 is 2.21 bits per heavy atom. The minimum atomic E-state index is -0.0924. The Balaban J connectivity index is 2.78. The van der Waals surface area contributed by atoms with Gasteiger partial charge in [-0.15, -0.1) is 11.3 Å². The third-order valence-electron chi connectivity index (χ3n) is 2.98. The number of thiophene rings is 1. The van der Waals surface area contributed by atoms with E-state index in [2.05, 4.69) is 29.3 Å². The summed E-state index contributed by atoms with van der Waals surface area (Å²) in [6.45, 7) is 2.35. The highest BCUT2D eigenvalue weighted by atomic mass is 32.1. The Hall–Kier alpha value is -0.380. The second-order valence-corrected chi connectivity index (χ2v) is 4.92. The van der Waals surface area contributed by atoms with Gasteiger partial charge in [0.25, 0.3) is 0 Å². The van der Waals surface area contributed by atoms with Crippen molar-refractivity contribution >= 4 is 11.3 Å². The van der Waals surface area contributed by atoms with Gasteiger partial charge < -0.3 is 10.0 Å². The third kappa shape index (κ3) is 2.35. The largest absolute Gasteiger partial charge is 0.394 e. The first-order chi connectivity index (χ1) is 6.64. The fourth-order valence-corrected chi connectivity index (χ4v) is 2.49. The first-order valence-electron chi connectivity index (χ1n) is 4.95. The lowest BCUT2D eigenvalue weighted by Crippen LogP contribution is -2.48. The molecule has 80 valence electrons. The summed E-state index contributed by atoms with van der Waals surface area (Å²) in [5.74, 6) is 0. The summed E-state index contributed by atoms with van der Waals surface area (Å²) in [4.78, 5) is 3.47. The van der Waals surface area contributed by atoms with Crippen LogP contribution in [0.1, 0.15) is 18.2 Å². The van der Waals surface area contributed by atoms with Crippen molar-refractivity contribution in [3.05, 3.63) is 22.4 Å². The standard InChI is InChI=1S/C11H19NOS/c1-4-11(9-13,12(2)3)8-10-6-5-7-14-10/h5-7,13H,4,8-9H2,1-3H3. The van der Waals surface area contributed by atoms with Crippen LogP contribution in [0.3, 0.4) is 0 Å². The first-order valence-corrected chi connectivity index (χ1v) is 5.83. The highest BCUT2D eigenvalue weighted by Crippen LogP contribution is 2.24. The van der Waals surface area contributed by atoms with Crippen LogP contribution in [0.25, 0.3) is 0 Å². The molecule has 3 heteroatoms. The zero-order chi connectivity index (χ0) is 10.6. The van der Waals surface area contributed by atoms with E-state index in [0.29, 0.717) is 0 Å². The molecule has 1 aromatic rings. The molecular weight excluding hydrogens is 194 g/mol. The lowest BCUT2D eigenvalue weighted by Gasteiger charge is -2.37. The highest BCUT2D eigenvalue weighted by Gasteiger charge is 2.30. The van der Waals surface area contributed by atoms with Crippen LogP contribution in [-0.4, -0.2) is 36.2 Å². The summed E-state index contributed by atoms with van der Waals surface area (Å²) in [6.07, 6.45) is 1.90. The molecule has 0 aliphatic carbocycles. The van der Waals surface area contributed by atoms with Crippen molar-refractivity contribution in [2.45, 2.75) is 25.3 Å². The normalized spacial score (nSPS) is 15.8. The smallest absolute Gasteiger partial charge is 0.0618 e. The van der Waals surface area contributed by atoms with Gasteiger partial charge in [0.05, 0.1) is 6.61 Å². The summed E-state index contributed by atoms with van der Waals surface area (Å²) < 4.78 is 0. The molecule has 1 unspecified atom stereocenters. The van der Waals surface area contributed by atoms with Crippen molar-refractivity contribution in [1.82, 2.24) is 4.90 Å². The van der Waals surface area contributed by atoms with Gasteiger partial charge in [-0.2, -0.15) is 0 Å². The molecule has 1 rings (SSSR count). The molecule has 0 spiro atoms. The molecule has 0 aliphatic heterocycles. The molecule has 1 heterocycles. The van der Waals surface area contributed by atoms with Crippen molar-refractivity contribution in [2.24, 2.45) is 0 Å². The maximum Gasteiger partial charge on any atom is 0.0618 e. The van der Waals surface area contributed by atoms with Gasteiger partial charge in [-0.25, -0.2) is 0 Å². The van der Waals surface area contributed by atoms with Crippen LogP contribution < -0.4 is 0 Å². The predicted molar refractivity (Wildman–Crippen MR) is 61.8 cm³/mol. The fourth-order valence-electron chi connectivity index (χ4n) is 1.65. The van der Waals surface area contributed by atoms with Crippen LogP contribution >= 0.6 is 11.3 Å². The minimum Gasteiger partial charge on any atom is -0.394 e. The van der Waals surface area contributed by atoms with Crippen LogP contribution in [-0.2, 0) is 6.42 Å². The molecular formula is C11H19NOS. The summed E-state index contributed by atoms with van der Waals surface area (Å²) in [6, 6.07) is 4.20. The Labute approximate surface area is 90.2 Å². The monoisotopic (exact) mass is 213 g/mol. The molecule has 0 saturated heterocycles. The average Bonchev–Trinajstić information content (AvgIpc) is 2.66. The zero-order valence-electron chi connectivity index (χ0n) is 9.16. The fraction of sp³-hybridized carbons (Fsp3) is 0.636. The van der Waals surface area contributed by atoms with Gasteiger partial charge in [-0.1, -0.05) is 13.0 Å². The van der Waals surface area contributed by atoms with E-state index in [9.17, 15) is 5.11 Å². The molecule has 0 radical (unpaired) electrons. The maximum absolute atomic E-state index is 9.51. The molecule has 0 aliphatic rings. The summed E-state index contributed by atoms with van der Waals surface area (Å²) >= 11 is 1.76. The van der Waals surface area contributed by atoms with E-state index in [1.54, 1.807) is 11.3 Å². The minimum absolute atomic E-state index is 0.0924. The summed E-state index contributed by atoms with van der Waals surface area (Å²) in [5.41, 5.74) is -0.0924. The van der Waals surface area contributed by atoms with E-state index >= 15 is 0 Å². The SMILES string of the molecule is CCC(CO)(Cc1cccs1)N(C)C. The van der Waals surface area contributed by atoms with Gasteiger partial charge in [0.2, 0.25) is 0 Å². The van der Waals surface area contributed by atoms with E-state index < -0.39 is 0 Å². The summed E-state index contributed by atoms with van der Waals surface area (Å²) in [7, 11) is 4.07. The number of aliphatic hydroxyl groups excluding tert-OH is 1. The average molecular weight is 213 g/mol. The van der Waals surface area contributed by atoms with Crippen LogP contribution in [0.15, 0.2) is 17.5 Å². The van der Waals surface area contributed by atoms with E-state index in [1.165, 1.54) is 4.88 Å². The number of hydrogen-bond acceptors (Lipinski definition) is 3. The lowest BCUT2D eigenvalue weighted by molar-refractivity contribution is 0.0652. The van der Waals surface area contributed by atoms with Crippen molar-refractivity contribution < 1.29 is 5.11 Å². The third-order valence-corrected chi connectivity index (χ3v) is 3.86. The Kier molecular flexibility index (Phi) is 4.11. The second-order valence-electron chi connectivity index (χ2n) is 3.89. The van der Waals surface area contributed by atoms with Crippen LogP contribution in [0.5, 0.6) is 0 Å². The van der Waals surface area contributed by atoms with Crippen molar-refractivity contribution in [3.63, 3.8) is 0 Å². The van der Waals surface area contributed by atoms with Crippen LogP contribution in [0.4, 0.5) is 0 Å². The second kappa shape index (κ2) is 4.91. The summed E-state index contributed by atoms with van der Waals surface area (Å²) in [5, 5.41) is 11.6. The Morgan fingerprint density at radius 1 is 1.50 bits per heavy atom. The number of nitrogens with zero attached hydrogens (tertiary/aromatic N) is 1. The van der Waals surface area contributed by atoms with Gasteiger partial charge >= 0.3 is 0 Å². The van der Waals surface area contributed by atoms with Crippen molar-refractivity contribution in [2.75, 3.05) is 20.7 Å². The molecule has 1 aromatic heterocycles. The molecule has 14 heavy (non-hydrogen) atoms. The molecule has 1 N–H and O–H groups in total. The van der Waals surface area contributed by atoms with Crippen molar-refractivity contribution in [1.29, 1.82) is 0 Å².